The fourth-order valence-electron chi connectivity index (χ4n) is 5.70. The van der Waals surface area contributed by atoms with Gasteiger partial charge in [0.1, 0.15) is 11.9 Å². The van der Waals surface area contributed by atoms with E-state index in [0.29, 0.717) is 30.3 Å². The van der Waals surface area contributed by atoms with Gasteiger partial charge in [-0.2, -0.15) is 0 Å². The van der Waals surface area contributed by atoms with E-state index in [0.717, 1.165) is 49.2 Å². The maximum absolute atomic E-state index is 13.6. The molecule has 3 atom stereocenters. The highest BCUT2D eigenvalue weighted by molar-refractivity contribution is 5.97. The summed E-state index contributed by atoms with van der Waals surface area (Å²) in [5.74, 6) is -0.483. The van der Waals surface area contributed by atoms with Crippen LogP contribution in [0.3, 0.4) is 0 Å². The molecule has 2 fully saturated rings. The van der Waals surface area contributed by atoms with Crippen molar-refractivity contribution >= 4 is 23.3 Å². The Kier molecular flexibility index (Phi) is 6.93. The molecule has 2 aromatic carbocycles. The lowest BCUT2D eigenvalue weighted by Crippen LogP contribution is -2.59. The van der Waals surface area contributed by atoms with Crippen molar-refractivity contribution in [3.63, 3.8) is 0 Å². The fraction of sp³-hybridized carbons (Fsp3) is 0.444. The van der Waals surface area contributed by atoms with Crippen LogP contribution in [0.15, 0.2) is 42.5 Å². The molecule has 3 aliphatic heterocycles. The number of likely N-dealkylation sites (tertiary alicyclic amines) is 1. The molecule has 7 N–H and O–H groups in total. The minimum absolute atomic E-state index is 0.00387. The summed E-state index contributed by atoms with van der Waals surface area (Å²) in [6, 6.07) is 12.5. The van der Waals surface area contributed by atoms with Gasteiger partial charge >= 0.3 is 0 Å². The number of amidine groups is 1. The van der Waals surface area contributed by atoms with Crippen molar-refractivity contribution in [2.75, 3.05) is 18.0 Å². The van der Waals surface area contributed by atoms with Gasteiger partial charge < -0.3 is 21.7 Å². The molecule has 0 radical (unpaired) electrons. The van der Waals surface area contributed by atoms with Crippen molar-refractivity contribution in [3.8, 4) is 0 Å². The van der Waals surface area contributed by atoms with Gasteiger partial charge in [-0.25, -0.2) is 0 Å². The monoisotopic (exact) mass is 489 g/mol. The molecule has 0 saturated carbocycles. The van der Waals surface area contributed by atoms with Crippen LogP contribution < -0.4 is 27.0 Å². The molecule has 2 saturated heterocycles. The second kappa shape index (κ2) is 10.3. The van der Waals surface area contributed by atoms with Gasteiger partial charge in [-0.3, -0.25) is 25.2 Å². The van der Waals surface area contributed by atoms with Crippen molar-refractivity contribution < 1.29 is 9.59 Å². The van der Waals surface area contributed by atoms with E-state index in [4.69, 9.17) is 16.9 Å². The zero-order valence-corrected chi connectivity index (χ0v) is 20.5. The van der Waals surface area contributed by atoms with Crippen LogP contribution in [0.5, 0.6) is 0 Å². The van der Waals surface area contributed by atoms with Crippen LogP contribution >= 0.6 is 0 Å². The lowest BCUT2D eigenvalue weighted by atomic mass is 10.0. The molecule has 3 aliphatic rings. The normalized spacial score (nSPS) is 23.9. The molecule has 0 bridgehead atoms. The Morgan fingerprint density at radius 3 is 2.42 bits per heavy atom. The highest BCUT2D eigenvalue weighted by Crippen LogP contribution is 2.35. The van der Waals surface area contributed by atoms with Gasteiger partial charge in [-0.1, -0.05) is 24.3 Å². The summed E-state index contributed by atoms with van der Waals surface area (Å²) < 4.78 is 0. The molecule has 3 heterocycles. The van der Waals surface area contributed by atoms with Crippen molar-refractivity contribution in [1.29, 1.82) is 5.41 Å². The predicted molar refractivity (Wildman–Crippen MR) is 140 cm³/mol. The van der Waals surface area contributed by atoms with E-state index in [1.807, 2.05) is 30.3 Å². The molecule has 3 unspecified atom stereocenters. The van der Waals surface area contributed by atoms with Crippen molar-refractivity contribution in [2.45, 2.75) is 63.4 Å². The number of fused-ring (bicyclic) bond motifs is 1. The topological polar surface area (TPSA) is 141 Å². The highest BCUT2D eigenvalue weighted by Gasteiger charge is 2.37. The highest BCUT2D eigenvalue weighted by atomic mass is 16.2. The molecule has 0 aliphatic carbocycles. The molecular weight excluding hydrogens is 454 g/mol. The SMILES string of the molecule is N=C(N)c1ccc2c(c1)N(Cc1ccc(C(N)=O)cc1)C(C(=O)NC1CCCC(N3CCCC3)N1)C2. The number of hydrogen-bond donors (Lipinski definition) is 5. The van der Waals surface area contributed by atoms with Gasteiger partial charge in [-0.15, -0.1) is 0 Å². The summed E-state index contributed by atoms with van der Waals surface area (Å²) in [6.45, 7) is 2.73. The van der Waals surface area contributed by atoms with E-state index in [2.05, 4.69) is 20.4 Å². The molecule has 0 aromatic heterocycles. The first kappa shape index (κ1) is 24.3. The van der Waals surface area contributed by atoms with E-state index in [-0.39, 0.29) is 24.0 Å². The molecule has 9 nitrogen and oxygen atoms in total. The largest absolute Gasteiger partial charge is 0.384 e. The number of amides is 2. The number of rotatable bonds is 7. The summed E-state index contributed by atoms with van der Waals surface area (Å²) in [4.78, 5) is 29.7. The molecule has 9 heteroatoms. The zero-order valence-electron chi connectivity index (χ0n) is 20.5. The Labute approximate surface area is 211 Å². The summed E-state index contributed by atoms with van der Waals surface area (Å²) in [6.07, 6.45) is 6.46. The van der Waals surface area contributed by atoms with Crippen LogP contribution in [0.25, 0.3) is 0 Å². The first-order valence-electron chi connectivity index (χ1n) is 12.8. The maximum atomic E-state index is 13.6. The molecular formula is C27H35N7O2. The molecule has 36 heavy (non-hydrogen) atoms. The third-order valence-corrected chi connectivity index (χ3v) is 7.65. The Bertz CT molecular complexity index is 1140. The molecule has 5 rings (SSSR count). The van der Waals surface area contributed by atoms with Gasteiger partial charge in [0.05, 0.1) is 12.3 Å². The number of hydrogen-bond acceptors (Lipinski definition) is 6. The van der Waals surface area contributed by atoms with E-state index >= 15 is 0 Å². The standard InChI is InChI=1S/C27H35N7O2/c28-25(29)20-11-10-19-14-22(27(36)32-23-4-3-5-24(31-23)33-12-1-2-13-33)34(21(19)15-20)16-17-6-8-18(9-7-17)26(30)35/h6-11,15,22-24,31H,1-5,12-14,16H2,(H3,28,29)(H2,30,35)(H,32,36). The van der Waals surface area contributed by atoms with Crippen LogP contribution in [-0.4, -0.2) is 54.0 Å². The summed E-state index contributed by atoms with van der Waals surface area (Å²) >= 11 is 0. The average Bonchev–Trinajstić information content (AvgIpc) is 3.53. The first-order chi connectivity index (χ1) is 17.4. The lowest BCUT2D eigenvalue weighted by molar-refractivity contribution is -0.123. The molecule has 2 amide bonds. The summed E-state index contributed by atoms with van der Waals surface area (Å²) in [7, 11) is 0. The first-order valence-corrected chi connectivity index (χ1v) is 12.8. The number of nitrogens with two attached hydrogens (primary N) is 2. The van der Waals surface area contributed by atoms with Crippen LogP contribution in [0.2, 0.25) is 0 Å². The number of nitrogens with zero attached hydrogens (tertiary/aromatic N) is 2. The Hall–Kier alpha value is -3.43. The second-order valence-electron chi connectivity index (χ2n) is 10.1. The third kappa shape index (κ3) is 5.08. The van der Waals surface area contributed by atoms with E-state index in [1.165, 1.54) is 12.8 Å². The number of carbonyl (C=O) groups is 2. The van der Waals surface area contributed by atoms with E-state index in [9.17, 15) is 9.59 Å². The molecule has 190 valence electrons. The van der Waals surface area contributed by atoms with Gasteiger partial charge in [-0.05, 0) is 74.5 Å². The fourth-order valence-corrected chi connectivity index (χ4v) is 5.70. The van der Waals surface area contributed by atoms with Crippen LogP contribution in [0, 0.1) is 5.41 Å². The number of nitrogens with one attached hydrogen (secondary N) is 3. The van der Waals surface area contributed by atoms with Gasteiger partial charge in [0.25, 0.3) is 0 Å². The Morgan fingerprint density at radius 1 is 1.00 bits per heavy atom. The van der Waals surface area contributed by atoms with E-state index < -0.39 is 5.91 Å². The van der Waals surface area contributed by atoms with Crippen LogP contribution in [0.1, 0.15) is 59.2 Å². The molecule has 2 aromatic rings. The minimum atomic E-state index is -0.469. The summed E-state index contributed by atoms with van der Waals surface area (Å²) in [5.41, 5.74) is 15.2. The number of carbonyl (C=O) groups excluding carboxylic acids is 2. The Morgan fingerprint density at radius 2 is 1.72 bits per heavy atom. The number of piperidine rings is 1. The smallest absolute Gasteiger partial charge is 0.248 e. The number of primary amides is 1. The average molecular weight is 490 g/mol. The quantitative estimate of drug-likeness (QED) is 0.296. The number of nitrogen functional groups attached to an aromatic ring is 1. The van der Waals surface area contributed by atoms with Crippen LogP contribution in [-0.2, 0) is 17.8 Å². The predicted octanol–water partition coefficient (Wildman–Crippen LogP) is 1.64. The second-order valence-corrected chi connectivity index (χ2v) is 10.1. The van der Waals surface area contributed by atoms with Gasteiger partial charge in [0.2, 0.25) is 11.8 Å². The number of anilines is 1. The minimum Gasteiger partial charge on any atom is -0.384 e. The molecule has 0 spiro atoms. The summed E-state index contributed by atoms with van der Waals surface area (Å²) in [5, 5.41) is 14.8. The van der Waals surface area contributed by atoms with Crippen LogP contribution in [0.4, 0.5) is 5.69 Å². The Balaban J connectivity index is 1.35. The van der Waals surface area contributed by atoms with Crippen molar-refractivity contribution in [2.24, 2.45) is 11.5 Å². The van der Waals surface area contributed by atoms with Gasteiger partial charge in [0.15, 0.2) is 0 Å². The third-order valence-electron chi connectivity index (χ3n) is 7.65. The number of benzene rings is 2. The lowest BCUT2D eigenvalue weighted by Gasteiger charge is -2.37. The van der Waals surface area contributed by atoms with Crippen molar-refractivity contribution in [3.05, 3.63) is 64.7 Å². The van der Waals surface area contributed by atoms with Crippen molar-refractivity contribution in [1.82, 2.24) is 15.5 Å². The zero-order chi connectivity index (χ0) is 25.2. The van der Waals surface area contributed by atoms with Gasteiger partial charge in [0, 0.05) is 29.8 Å². The van der Waals surface area contributed by atoms with E-state index in [1.54, 1.807) is 12.1 Å². The maximum Gasteiger partial charge on any atom is 0.248 e.